The van der Waals surface area contributed by atoms with E-state index in [2.05, 4.69) is 15.4 Å². The number of hydrogen-bond donors (Lipinski definition) is 3. The van der Waals surface area contributed by atoms with Gasteiger partial charge in [-0.2, -0.15) is 0 Å². The van der Waals surface area contributed by atoms with Gasteiger partial charge in [0.25, 0.3) is 0 Å². The normalized spacial score (nSPS) is 12.3. The van der Waals surface area contributed by atoms with E-state index in [0.717, 1.165) is 11.1 Å². The SMILES string of the molecule is CNS(=O)(=O)c1cccc(CNC(=O)NC(C)c2cc(C)ccc2OC)c1. The molecule has 0 bridgehead atoms. The molecular weight excluding hydrogens is 366 g/mol. The van der Waals surface area contributed by atoms with Crippen LogP contribution in [0.5, 0.6) is 5.75 Å². The van der Waals surface area contributed by atoms with E-state index < -0.39 is 10.0 Å². The van der Waals surface area contributed by atoms with Crippen LogP contribution in [0.3, 0.4) is 0 Å². The average Bonchev–Trinajstić information content (AvgIpc) is 2.66. The summed E-state index contributed by atoms with van der Waals surface area (Å²) in [5.41, 5.74) is 2.64. The van der Waals surface area contributed by atoms with Crippen molar-refractivity contribution in [3.05, 3.63) is 59.2 Å². The lowest BCUT2D eigenvalue weighted by atomic mass is 10.0. The Morgan fingerprint density at radius 1 is 1.19 bits per heavy atom. The summed E-state index contributed by atoms with van der Waals surface area (Å²) in [5.74, 6) is 0.707. The number of ether oxygens (including phenoxy) is 1. The molecule has 0 aliphatic rings. The Labute approximate surface area is 160 Å². The number of carbonyl (C=O) groups is 1. The van der Waals surface area contributed by atoms with Crippen LogP contribution in [0.1, 0.15) is 29.7 Å². The van der Waals surface area contributed by atoms with Gasteiger partial charge in [0.15, 0.2) is 0 Å². The number of sulfonamides is 1. The smallest absolute Gasteiger partial charge is 0.315 e. The van der Waals surface area contributed by atoms with Crippen LogP contribution in [0.25, 0.3) is 0 Å². The third kappa shape index (κ3) is 5.45. The standard InChI is InChI=1S/C19H25N3O4S/c1-13-8-9-18(26-4)17(10-13)14(2)22-19(23)21-12-15-6-5-7-16(11-15)27(24,25)20-3/h5-11,14,20H,12H2,1-4H3,(H2,21,22,23). The fraction of sp³-hybridized carbons (Fsp3) is 0.316. The van der Waals surface area contributed by atoms with Gasteiger partial charge in [0.05, 0.1) is 18.0 Å². The number of benzene rings is 2. The van der Waals surface area contributed by atoms with Gasteiger partial charge in [0.1, 0.15) is 5.75 Å². The highest BCUT2D eigenvalue weighted by atomic mass is 32.2. The molecule has 2 aromatic rings. The van der Waals surface area contributed by atoms with Crippen LogP contribution in [0, 0.1) is 6.92 Å². The zero-order valence-corrected chi connectivity index (χ0v) is 16.7. The molecule has 0 fully saturated rings. The summed E-state index contributed by atoms with van der Waals surface area (Å²) in [6, 6.07) is 11.6. The van der Waals surface area contributed by atoms with E-state index in [0.29, 0.717) is 11.3 Å². The quantitative estimate of drug-likeness (QED) is 0.675. The van der Waals surface area contributed by atoms with Gasteiger partial charge in [-0.1, -0.05) is 29.8 Å². The molecule has 1 atom stereocenters. The van der Waals surface area contributed by atoms with Gasteiger partial charge in [-0.25, -0.2) is 17.9 Å². The molecule has 3 N–H and O–H groups in total. The molecule has 0 saturated heterocycles. The molecule has 8 heteroatoms. The van der Waals surface area contributed by atoms with Gasteiger partial charge in [-0.3, -0.25) is 0 Å². The molecule has 2 aromatic carbocycles. The molecule has 0 spiro atoms. The minimum Gasteiger partial charge on any atom is -0.496 e. The van der Waals surface area contributed by atoms with Gasteiger partial charge >= 0.3 is 6.03 Å². The Kier molecular flexibility index (Phi) is 6.81. The van der Waals surface area contributed by atoms with Crippen molar-refractivity contribution >= 4 is 16.1 Å². The lowest BCUT2D eigenvalue weighted by Gasteiger charge is -2.18. The maximum absolute atomic E-state index is 12.2. The second-order valence-electron chi connectivity index (χ2n) is 6.15. The summed E-state index contributed by atoms with van der Waals surface area (Å²) in [4.78, 5) is 12.4. The second-order valence-corrected chi connectivity index (χ2v) is 8.04. The molecule has 2 amide bonds. The third-order valence-corrected chi connectivity index (χ3v) is 5.54. The van der Waals surface area contributed by atoms with Crippen LogP contribution in [0.2, 0.25) is 0 Å². The van der Waals surface area contributed by atoms with Crippen LogP contribution in [0.4, 0.5) is 4.79 Å². The molecule has 146 valence electrons. The number of hydrogen-bond acceptors (Lipinski definition) is 4. The van der Waals surface area contributed by atoms with Crippen molar-refractivity contribution in [2.75, 3.05) is 14.2 Å². The number of nitrogens with one attached hydrogen (secondary N) is 3. The number of urea groups is 1. The van der Waals surface area contributed by atoms with Crippen molar-refractivity contribution in [2.24, 2.45) is 0 Å². The maximum atomic E-state index is 12.2. The average molecular weight is 391 g/mol. The molecule has 0 radical (unpaired) electrons. The van der Waals surface area contributed by atoms with Gasteiger partial charge in [0.2, 0.25) is 10.0 Å². The van der Waals surface area contributed by atoms with Crippen molar-refractivity contribution in [1.29, 1.82) is 0 Å². The third-order valence-electron chi connectivity index (χ3n) is 4.13. The Bertz CT molecular complexity index is 913. The van der Waals surface area contributed by atoms with Crippen LogP contribution in [0.15, 0.2) is 47.4 Å². The zero-order chi connectivity index (χ0) is 20.0. The van der Waals surface area contributed by atoms with Gasteiger partial charge in [0, 0.05) is 12.1 Å². The number of carbonyl (C=O) groups excluding carboxylic acids is 1. The molecular formula is C19H25N3O4S. The molecule has 0 saturated carbocycles. The summed E-state index contributed by atoms with van der Waals surface area (Å²) in [7, 11) is -0.572. The molecule has 0 heterocycles. The largest absolute Gasteiger partial charge is 0.496 e. The highest BCUT2D eigenvalue weighted by Crippen LogP contribution is 2.25. The summed E-state index contributed by atoms with van der Waals surface area (Å²) < 4.78 is 31.3. The van der Waals surface area contributed by atoms with Crippen molar-refractivity contribution in [1.82, 2.24) is 15.4 Å². The van der Waals surface area contributed by atoms with E-state index in [1.165, 1.54) is 19.2 Å². The van der Waals surface area contributed by atoms with E-state index in [1.807, 2.05) is 32.0 Å². The number of methoxy groups -OCH3 is 1. The first-order valence-corrected chi connectivity index (χ1v) is 9.96. The van der Waals surface area contributed by atoms with Gasteiger partial charge in [-0.05, 0) is 44.7 Å². The molecule has 7 nitrogen and oxygen atoms in total. The van der Waals surface area contributed by atoms with Gasteiger partial charge in [-0.15, -0.1) is 0 Å². The Morgan fingerprint density at radius 3 is 2.59 bits per heavy atom. The first kappa shape index (κ1) is 20.7. The fourth-order valence-electron chi connectivity index (χ4n) is 2.64. The van der Waals surface area contributed by atoms with Crippen LogP contribution >= 0.6 is 0 Å². The summed E-state index contributed by atoms with van der Waals surface area (Å²) in [6.45, 7) is 4.05. The highest BCUT2D eigenvalue weighted by Gasteiger charge is 2.15. The van der Waals surface area contributed by atoms with Crippen LogP contribution in [-0.4, -0.2) is 28.6 Å². The summed E-state index contributed by atoms with van der Waals surface area (Å²) >= 11 is 0. The van der Waals surface area contributed by atoms with E-state index >= 15 is 0 Å². The Morgan fingerprint density at radius 2 is 1.93 bits per heavy atom. The molecule has 27 heavy (non-hydrogen) atoms. The Hall–Kier alpha value is -2.58. The Balaban J connectivity index is 2.01. The molecule has 2 rings (SSSR count). The van der Waals surface area contributed by atoms with Crippen molar-refractivity contribution in [3.63, 3.8) is 0 Å². The maximum Gasteiger partial charge on any atom is 0.315 e. The lowest BCUT2D eigenvalue weighted by molar-refractivity contribution is 0.237. The lowest BCUT2D eigenvalue weighted by Crippen LogP contribution is -2.36. The number of amides is 2. The molecule has 1 unspecified atom stereocenters. The zero-order valence-electron chi connectivity index (χ0n) is 15.9. The predicted molar refractivity (Wildman–Crippen MR) is 104 cm³/mol. The van der Waals surface area contributed by atoms with E-state index in [9.17, 15) is 13.2 Å². The summed E-state index contributed by atoms with van der Waals surface area (Å²) in [6.07, 6.45) is 0. The number of aryl methyl sites for hydroxylation is 1. The van der Waals surface area contributed by atoms with Crippen molar-refractivity contribution in [2.45, 2.75) is 31.3 Å². The van der Waals surface area contributed by atoms with Gasteiger partial charge < -0.3 is 15.4 Å². The minimum absolute atomic E-state index is 0.155. The van der Waals surface area contributed by atoms with Crippen LogP contribution in [-0.2, 0) is 16.6 Å². The fourth-order valence-corrected chi connectivity index (χ4v) is 3.44. The topological polar surface area (TPSA) is 96.5 Å². The predicted octanol–water partition coefficient (Wildman–Crippen LogP) is 2.47. The van der Waals surface area contributed by atoms with E-state index in [1.54, 1.807) is 19.2 Å². The van der Waals surface area contributed by atoms with Crippen LogP contribution < -0.4 is 20.1 Å². The number of rotatable bonds is 7. The summed E-state index contributed by atoms with van der Waals surface area (Å²) in [5, 5.41) is 5.61. The first-order chi connectivity index (χ1) is 12.8. The molecule has 0 aliphatic heterocycles. The first-order valence-electron chi connectivity index (χ1n) is 8.48. The molecule has 0 aromatic heterocycles. The van der Waals surface area contributed by atoms with Crippen molar-refractivity contribution < 1.29 is 17.9 Å². The van der Waals surface area contributed by atoms with E-state index in [-0.39, 0.29) is 23.5 Å². The monoisotopic (exact) mass is 391 g/mol. The second kappa shape index (κ2) is 8.88. The minimum atomic E-state index is -3.52. The van der Waals surface area contributed by atoms with E-state index in [4.69, 9.17) is 4.74 Å². The highest BCUT2D eigenvalue weighted by molar-refractivity contribution is 7.89. The molecule has 0 aliphatic carbocycles. The van der Waals surface area contributed by atoms with Crippen molar-refractivity contribution in [3.8, 4) is 5.75 Å².